The van der Waals surface area contributed by atoms with E-state index < -0.39 is 0 Å². The van der Waals surface area contributed by atoms with Crippen molar-refractivity contribution >= 4 is 5.91 Å². The molecule has 7 heteroatoms. The molecular formula is C22H29N3O4. The number of aromatic nitrogens is 2. The molecule has 2 aromatic rings. The zero-order chi connectivity index (χ0) is 20.2. The largest absolute Gasteiger partial charge is 0.490 e. The topological polar surface area (TPSA) is 77.7 Å². The summed E-state index contributed by atoms with van der Waals surface area (Å²) in [7, 11) is 0. The monoisotopic (exact) mass is 399 g/mol. The molecule has 1 saturated heterocycles. The lowest BCUT2D eigenvalue weighted by Crippen LogP contribution is -2.40. The van der Waals surface area contributed by atoms with Crippen LogP contribution in [0, 0.1) is 5.92 Å². The average molecular weight is 399 g/mol. The summed E-state index contributed by atoms with van der Waals surface area (Å²) in [5.41, 5.74) is 0.631. The van der Waals surface area contributed by atoms with Gasteiger partial charge in [-0.1, -0.05) is 5.16 Å². The van der Waals surface area contributed by atoms with Gasteiger partial charge in [0, 0.05) is 31.0 Å². The third kappa shape index (κ3) is 4.71. The number of nitrogens with zero attached hydrogens (tertiary/aromatic N) is 3. The Hall–Kier alpha value is -2.57. The second-order valence-corrected chi connectivity index (χ2v) is 7.81. The number of likely N-dealkylation sites (tertiary alicyclic amines) is 1. The Balaban J connectivity index is 1.41. The first-order chi connectivity index (χ1) is 14.2. The molecule has 156 valence electrons. The molecule has 0 spiro atoms. The molecule has 1 atom stereocenters. The van der Waals surface area contributed by atoms with E-state index in [1.807, 2.05) is 30.9 Å². The number of benzene rings is 1. The molecule has 7 nitrogen and oxygen atoms in total. The molecule has 2 heterocycles. The quantitative estimate of drug-likeness (QED) is 0.671. The Bertz CT molecular complexity index is 846. The van der Waals surface area contributed by atoms with Crippen LogP contribution in [0.2, 0.25) is 0 Å². The summed E-state index contributed by atoms with van der Waals surface area (Å²) in [6.07, 6.45) is 5.11. The van der Waals surface area contributed by atoms with E-state index >= 15 is 0 Å². The van der Waals surface area contributed by atoms with Gasteiger partial charge in [-0.2, -0.15) is 4.98 Å². The van der Waals surface area contributed by atoms with Crippen LogP contribution in [0.15, 0.2) is 22.7 Å². The number of amides is 1. The summed E-state index contributed by atoms with van der Waals surface area (Å²) < 4.78 is 16.7. The molecule has 1 unspecified atom stereocenters. The van der Waals surface area contributed by atoms with Crippen LogP contribution in [-0.2, 0) is 6.42 Å². The van der Waals surface area contributed by atoms with E-state index in [1.54, 1.807) is 6.07 Å². The predicted molar refractivity (Wildman–Crippen MR) is 107 cm³/mol. The fraction of sp³-hybridized carbons (Fsp3) is 0.591. The lowest BCUT2D eigenvalue weighted by molar-refractivity contribution is 0.0667. The summed E-state index contributed by atoms with van der Waals surface area (Å²) in [4.78, 5) is 19.6. The van der Waals surface area contributed by atoms with Crippen molar-refractivity contribution in [2.75, 3.05) is 26.3 Å². The molecular weight excluding hydrogens is 370 g/mol. The highest BCUT2D eigenvalue weighted by molar-refractivity contribution is 5.95. The minimum Gasteiger partial charge on any atom is -0.490 e. The van der Waals surface area contributed by atoms with Crippen molar-refractivity contribution in [1.29, 1.82) is 0 Å². The molecule has 4 rings (SSSR count). The average Bonchev–Trinajstić information content (AvgIpc) is 3.49. The summed E-state index contributed by atoms with van der Waals surface area (Å²) >= 11 is 0. The molecule has 1 amide bonds. The number of piperidine rings is 1. The van der Waals surface area contributed by atoms with Gasteiger partial charge in [0.2, 0.25) is 5.89 Å². The van der Waals surface area contributed by atoms with E-state index in [0.717, 1.165) is 44.5 Å². The maximum Gasteiger partial charge on any atom is 0.254 e. The Morgan fingerprint density at radius 3 is 2.72 bits per heavy atom. The van der Waals surface area contributed by atoms with Crippen molar-refractivity contribution in [3.63, 3.8) is 0 Å². The Morgan fingerprint density at radius 1 is 1.17 bits per heavy atom. The van der Waals surface area contributed by atoms with E-state index in [1.165, 1.54) is 0 Å². The normalized spacial score (nSPS) is 19.2. The highest BCUT2D eigenvalue weighted by Crippen LogP contribution is 2.38. The first-order valence-corrected chi connectivity index (χ1v) is 10.7. The molecule has 1 saturated carbocycles. The summed E-state index contributed by atoms with van der Waals surface area (Å²) in [6, 6.07) is 5.43. The van der Waals surface area contributed by atoms with Gasteiger partial charge in [-0.05, 0) is 63.6 Å². The third-order valence-corrected chi connectivity index (χ3v) is 5.49. The Morgan fingerprint density at radius 2 is 1.97 bits per heavy atom. The summed E-state index contributed by atoms with van der Waals surface area (Å²) in [5.74, 6) is 3.71. The van der Waals surface area contributed by atoms with Crippen molar-refractivity contribution < 1.29 is 18.8 Å². The van der Waals surface area contributed by atoms with Crippen LogP contribution in [0.1, 0.15) is 67.5 Å². The molecule has 1 aromatic carbocycles. The number of hydrogen-bond acceptors (Lipinski definition) is 6. The molecule has 0 radical (unpaired) electrons. The maximum atomic E-state index is 13.1. The Kier molecular flexibility index (Phi) is 6.02. The van der Waals surface area contributed by atoms with Crippen LogP contribution in [0.5, 0.6) is 11.5 Å². The van der Waals surface area contributed by atoms with Gasteiger partial charge in [-0.15, -0.1) is 0 Å². The number of rotatable bonds is 8. The lowest BCUT2D eigenvalue weighted by Gasteiger charge is -2.32. The van der Waals surface area contributed by atoms with Gasteiger partial charge in [-0.25, -0.2) is 0 Å². The number of carbonyl (C=O) groups excluding carboxylic acids is 1. The molecule has 1 aromatic heterocycles. The van der Waals surface area contributed by atoms with Gasteiger partial charge >= 0.3 is 0 Å². The third-order valence-electron chi connectivity index (χ3n) is 5.49. The van der Waals surface area contributed by atoms with Crippen LogP contribution in [0.3, 0.4) is 0 Å². The van der Waals surface area contributed by atoms with Gasteiger partial charge in [0.1, 0.15) is 0 Å². The number of carbonyl (C=O) groups is 1. The first-order valence-electron chi connectivity index (χ1n) is 10.7. The summed E-state index contributed by atoms with van der Waals surface area (Å²) in [5, 5.41) is 4.10. The van der Waals surface area contributed by atoms with E-state index in [0.29, 0.717) is 54.5 Å². The molecule has 2 fully saturated rings. The molecule has 2 aliphatic rings. The van der Waals surface area contributed by atoms with Gasteiger partial charge < -0.3 is 18.9 Å². The number of hydrogen-bond donors (Lipinski definition) is 0. The van der Waals surface area contributed by atoms with Crippen molar-refractivity contribution in [2.45, 2.75) is 51.9 Å². The fourth-order valence-electron chi connectivity index (χ4n) is 3.89. The zero-order valence-corrected chi connectivity index (χ0v) is 17.2. The fourth-order valence-corrected chi connectivity index (χ4v) is 3.89. The molecule has 0 bridgehead atoms. The summed E-state index contributed by atoms with van der Waals surface area (Å²) in [6.45, 7) is 6.40. The SMILES string of the molecule is CCOc1ccc(C(=O)N2CCCC(Cc3nc(C4CC4)no3)C2)cc1OCC. The molecule has 1 aliphatic heterocycles. The van der Waals surface area contributed by atoms with Crippen LogP contribution >= 0.6 is 0 Å². The van der Waals surface area contributed by atoms with Crippen LogP contribution in [0.25, 0.3) is 0 Å². The van der Waals surface area contributed by atoms with Crippen LogP contribution < -0.4 is 9.47 Å². The second kappa shape index (κ2) is 8.84. The molecule has 29 heavy (non-hydrogen) atoms. The van der Waals surface area contributed by atoms with E-state index in [4.69, 9.17) is 14.0 Å². The van der Waals surface area contributed by atoms with E-state index in [-0.39, 0.29) is 5.91 Å². The van der Waals surface area contributed by atoms with Crippen LogP contribution in [-0.4, -0.2) is 47.3 Å². The highest BCUT2D eigenvalue weighted by atomic mass is 16.5. The predicted octanol–water partition coefficient (Wildman–Crippen LogP) is 3.84. The van der Waals surface area contributed by atoms with Crippen molar-refractivity contribution in [1.82, 2.24) is 15.0 Å². The molecule has 1 aliphatic carbocycles. The smallest absolute Gasteiger partial charge is 0.254 e. The van der Waals surface area contributed by atoms with Crippen molar-refractivity contribution in [3.05, 3.63) is 35.5 Å². The van der Waals surface area contributed by atoms with Gasteiger partial charge in [0.25, 0.3) is 5.91 Å². The lowest BCUT2D eigenvalue weighted by atomic mass is 9.94. The van der Waals surface area contributed by atoms with Gasteiger partial charge in [0.15, 0.2) is 17.3 Å². The number of ether oxygens (including phenoxy) is 2. The van der Waals surface area contributed by atoms with Crippen molar-refractivity contribution in [2.24, 2.45) is 5.92 Å². The van der Waals surface area contributed by atoms with E-state index in [9.17, 15) is 4.79 Å². The minimum atomic E-state index is 0.0305. The first kappa shape index (κ1) is 19.7. The zero-order valence-electron chi connectivity index (χ0n) is 17.2. The van der Waals surface area contributed by atoms with Crippen LogP contribution in [0.4, 0.5) is 0 Å². The highest BCUT2D eigenvalue weighted by Gasteiger charge is 2.30. The molecule has 0 N–H and O–H groups in total. The van der Waals surface area contributed by atoms with E-state index in [2.05, 4.69) is 10.1 Å². The second-order valence-electron chi connectivity index (χ2n) is 7.81. The van der Waals surface area contributed by atoms with Gasteiger partial charge in [0.05, 0.1) is 13.2 Å². The standard InChI is InChI=1S/C22H29N3O4/c1-3-27-18-10-9-17(13-19(18)28-4-2)22(26)25-11-5-6-15(14-25)12-20-23-21(24-29-20)16-7-8-16/h9-10,13,15-16H,3-8,11-12,14H2,1-2H3. The van der Waals surface area contributed by atoms with Crippen molar-refractivity contribution in [3.8, 4) is 11.5 Å². The van der Waals surface area contributed by atoms with Gasteiger partial charge in [-0.3, -0.25) is 4.79 Å². The minimum absolute atomic E-state index is 0.0305. The maximum absolute atomic E-state index is 13.1. The Labute approximate surface area is 171 Å².